The second-order valence-electron chi connectivity index (χ2n) is 8.34. The molecule has 5 aromatic rings. The molecule has 0 unspecified atom stereocenters. The minimum absolute atomic E-state index is 0.0710. The Morgan fingerprint density at radius 2 is 2.13 bits per heavy atom. The van der Waals surface area contributed by atoms with Gasteiger partial charge in [0.1, 0.15) is 17.3 Å². The molecule has 1 aliphatic carbocycles. The minimum Gasteiger partial charge on any atom is -0.345 e. The normalized spacial score (nSPS) is 13.4. The highest BCUT2D eigenvalue weighted by Crippen LogP contribution is 2.33. The summed E-state index contributed by atoms with van der Waals surface area (Å²) in [6.45, 7) is 0. The molecule has 1 aliphatic rings. The van der Waals surface area contributed by atoms with E-state index in [1.165, 1.54) is 35.8 Å². The number of rotatable bonds is 7. The fourth-order valence-corrected chi connectivity index (χ4v) is 5.59. The number of fused-ring (bicyclic) bond motifs is 1. The van der Waals surface area contributed by atoms with Crippen LogP contribution in [0, 0.1) is 11.6 Å². The number of hydrogen-bond donors (Lipinski definition) is 2. The van der Waals surface area contributed by atoms with E-state index in [4.69, 9.17) is 0 Å². The van der Waals surface area contributed by atoms with E-state index in [1.54, 1.807) is 35.4 Å². The van der Waals surface area contributed by atoms with Crippen LogP contribution in [0.5, 0.6) is 0 Å². The Morgan fingerprint density at radius 3 is 2.95 bits per heavy atom. The monoisotopic (exact) mass is 550 g/mol. The average Bonchev–Trinajstić information content (AvgIpc) is 3.68. The van der Waals surface area contributed by atoms with Gasteiger partial charge < -0.3 is 9.71 Å². The van der Waals surface area contributed by atoms with Crippen molar-refractivity contribution in [1.29, 1.82) is 0 Å². The lowest BCUT2D eigenvalue weighted by Crippen LogP contribution is -2.09. The van der Waals surface area contributed by atoms with Crippen LogP contribution in [-0.2, 0) is 0 Å². The van der Waals surface area contributed by atoms with Crippen molar-refractivity contribution in [2.24, 2.45) is 0 Å². The number of aromatic amines is 1. The van der Waals surface area contributed by atoms with Gasteiger partial charge >= 0.3 is 0 Å². The van der Waals surface area contributed by atoms with Gasteiger partial charge in [0.15, 0.2) is 5.82 Å². The number of carbonyl (C=O) groups is 1. The van der Waals surface area contributed by atoms with Gasteiger partial charge in [0.05, 0.1) is 16.9 Å². The molecule has 0 spiro atoms. The van der Waals surface area contributed by atoms with Gasteiger partial charge in [-0.1, -0.05) is 0 Å². The Hall–Kier alpha value is -4.16. The molecule has 0 saturated heterocycles. The number of anilines is 1. The van der Waals surface area contributed by atoms with Gasteiger partial charge in [-0.3, -0.25) is 4.79 Å². The summed E-state index contributed by atoms with van der Waals surface area (Å²) >= 11 is 2.41. The van der Waals surface area contributed by atoms with Crippen LogP contribution in [0.2, 0.25) is 0 Å². The average molecular weight is 551 g/mol. The fourth-order valence-electron chi connectivity index (χ4n) is 4.03. The van der Waals surface area contributed by atoms with Gasteiger partial charge in [0, 0.05) is 51.6 Å². The molecular formula is C26H17F3N6OS2. The topological polar surface area (TPSA) is 88.5 Å². The van der Waals surface area contributed by atoms with Crippen molar-refractivity contribution in [2.75, 3.05) is 4.72 Å². The maximum atomic E-state index is 15.4. The Balaban J connectivity index is 1.32. The van der Waals surface area contributed by atoms with E-state index in [-0.39, 0.29) is 17.1 Å². The number of nitrogens with zero attached hydrogens (tertiary/aromatic N) is 4. The van der Waals surface area contributed by atoms with Crippen LogP contribution in [0.15, 0.2) is 77.3 Å². The number of halogens is 3. The largest absolute Gasteiger partial charge is 0.345 e. The Kier molecular flexibility index (Phi) is 6.34. The number of hydrogen-bond acceptors (Lipinski definition) is 7. The number of nitrogens with one attached hydrogen (secondary N) is 2. The standard InChI is InChI=1S/C26H17F3N6OS2/c27-15-3-1-4-16(10-15)38-34-20-6-5-19(28)22(23(20)29)24(36)18-12-31-25-17(18)9-14(11-30-25)21-13-37-26(33-21)35-8-2-7-32-35/h2-3,5-13,34H,1,4H2,(H,30,31). The molecule has 0 amide bonds. The zero-order valence-corrected chi connectivity index (χ0v) is 21.0. The van der Waals surface area contributed by atoms with Gasteiger partial charge in [-0.05, 0) is 61.2 Å². The minimum atomic E-state index is -1.03. The molecule has 6 rings (SSSR count). The third-order valence-electron chi connectivity index (χ3n) is 5.90. The fraction of sp³-hybridized carbons (Fsp3) is 0.0769. The Bertz CT molecular complexity index is 1740. The summed E-state index contributed by atoms with van der Waals surface area (Å²) in [6.07, 6.45) is 10.4. The molecule has 2 N–H and O–H groups in total. The number of carbonyl (C=O) groups excluding carboxylic acids is 1. The van der Waals surface area contributed by atoms with Crippen LogP contribution in [0.25, 0.3) is 27.4 Å². The number of allylic oxidation sites excluding steroid dienone is 4. The predicted octanol–water partition coefficient (Wildman–Crippen LogP) is 6.97. The lowest BCUT2D eigenvalue weighted by atomic mass is 10.0. The van der Waals surface area contributed by atoms with Crippen LogP contribution < -0.4 is 4.72 Å². The first-order valence-electron chi connectivity index (χ1n) is 11.4. The molecule has 38 heavy (non-hydrogen) atoms. The summed E-state index contributed by atoms with van der Waals surface area (Å²) in [6, 6.07) is 5.73. The molecule has 4 heterocycles. The number of H-pyrrole nitrogens is 1. The van der Waals surface area contributed by atoms with E-state index >= 15 is 4.39 Å². The van der Waals surface area contributed by atoms with E-state index < -0.39 is 23.0 Å². The van der Waals surface area contributed by atoms with Crippen molar-refractivity contribution in [2.45, 2.75) is 12.8 Å². The molecule has 0 bridgehead atoms. The molecule has 0 radical (unpaired) electrons. The summed E-state index contributed by atoms with van der Waals surface area (Å²) in [7, 11) is 0. The van der Waals surface area contributed by atoms with E-state index in [2.05, 4.69) is 24.8 Å². The van der Waals surface area contributed by atoms with E-state index in [0.29, 0.717) is 45.2 Å². The highest BCUT2D eigenvalue weighted by Gasteiger charge is 2.25. The molecule has 0 saturated carbocycles. The predicted molar refractivity (Wildman–Crippen MR) is 142 cm³/mol. The van der Waals surface area contributed by atoms with Crippen molar-refractivity contribution in [3.63, 3.8) is 0 Å². The SMILES string of the molecule is O=C(c1c(F)ccc(NSC2=CC(F)=CCC2)c1F)c1c[nH]c2ncc(-c3csc(-n4cccn4)n3)cc12. The molecular weight excluding hydrogens is 533 g/mol. The van der Waals surface area contributed by atoms with Crippen LogP contribution in [-0.4, -0.2) is 30.5 Å². The third-order valence-corrected chi connectivity index (χ3v) is 7.64. The van der Waals surface area contributed by atoms with E-state index in [9.17, 15) is 13.6 Å². The van der Waals surface area contributed by atoms with Crippen LogP contribution in [0.3, 0.4) is 0 Å². The summed E-state index contributed by atoms with van der Waals surface area (Å²) in [4.78, 5) is 25.9. The summed E-state index contributed by atoms with van der Waals surface area (Å²) in [5.41, 5.74) is 0.948. The maximum Gasteiger partial charge on any atom is 0.210 e. The summed E-state index contributed by atoms with van der Waals surface area (Å²) in [5.74, 6) is -3.22. The number of pyridine rings is 1. The summed E-state index contributed by atoms with van der Waals surface area (Å²) in [5, 5.41) is 7.07. The van der Waals surface area contributed by atoms with Gasteiger partial charge in [0.2, 0.25) is 10.9 Å². The van der Waals surface area contributed by atoms with Crippen molar-refractivity contribution < 1.29 is 18.0 Å². The van der Waals surface area contributed by atoms with Crippen molar-refractivity contribution in [3.05, 3.63) is 100 Å². The lowest BCUT2D eigenvalue weighted by molar-refractivity contribution is 0.103. The third kappa shape index (κ3) is 4.52. The van der Waals surface area contributed by atoms with Gasteiger partial charge in [0.25, 0.3) is 0 Å². The molecule has 0 atom stereocenters. The Morgan fingerprint density at radius 1 is 1.24 bits per heavy atom. The number of aromatic nitrogens is 5. The smallest absolute Gasteiger partial charge is 0.210 e. The molecule has 0 fully saturated rings. The zero-order valence-electron chi connectivity index (χ0n) is 19.4. The first kappa shape index (κ1) is 24.2. The van der Waals surface area contributed by atoms with Crippen molar-refractivity contribution >= 4 is 45.8 Å². The molecule has 4 aromatic heterocycles. The van der Waals surface area contributed by atoms with E-state index in [0.717, 1.165) is 18.0 Å². The highest BCUT2D eigenvalue weighted by atomic mass is 32.2. The molecule has 7 nitrogen and oxygen atoms in total. The van der Waals surface area contributed by atoms with Crippen molar-refractivity contribution in [1.82, 2.24) is 24.7 Å². The van der Waals surface area contributed by atoms with E-state index in [1.807, 2.05) is 5.38 Å². The summed E-state index contributed by atoms with van der Waals surface area (Å²) < 4.78 is 48.1. The number of thiazole rings is 1. The molecule has 1 aromatic carbocycles. The zero-order chi connectivity index (χ0) is 26.2. The van der Waals surface area contributed by atoms with Gasteiger partial charge in [-0.2, -0.15) is 5.10 Å². The Labute approximate surface area is 222 Å². The maximum absolute atomic E-state index is 15.4. The van der Waals surface area contributed by atoms with Gasteiger partial charge in [-0.15, -0.1) is 11.3 Å². The van der Waals surface area contributed by atoms with Crippen LogP contribution >= 0.6 is 23.3 Å². The molecule has 0 aliphatic heterocycles. The molecule has 190 valence electrons. The second kappa shape index (κ2) is 9.95. The number of ketones is 1. The van der Waals surface area contributed by atoms with Crippen LogP contribution in [0.4, 0.5) is 18.9 Å². The number of benzene rings is 1. The van der Waals surface area contributed by atoms with Crippen molar-refractivity contribution in [3.8, 4) is 16.4 Å². The highest BCUT2D eigenvalue weighted by molar-refractivity contribution is 8.04. The lowest BCUT2D eigenvalue weighted by Gasteiger charge is -2.13. The second-order valence-corrected chi connectivity index (χ2v) is 10.1. The first-order chi connectivity index (χ1) is 18.5. The van der Waals surface area contributed by atoms with Crippen LogP contribution in [0.1, 0.15) is 28.8 Å². The first-order valence-corrected chi connectivity index (χ1v) is 13.1. The quantitative estimate of drug-likeness (QED) is 0.168. The molecule has 12 heteroatoms. The van der Waals surface area contributed by atoms with Gasteiger partial charge in [-0.25, -0.2) is 27.8 Å².